The number of methoxy groups -OCH3 is 1. The fourth-order valence-corrected chi connectivity index (χ4v) is 4.22. The first-order valence-corrected chi connectivity index (χ1v) is 11.8. The Morgan fingerprint density at radius 1 is 1.10 bits per heavy atom. The van der Waals surface area contributed by atoms with E-state index in [0.717, 1.165) is 15.0 Å². The van der Waals surface area contributed by atoms with Crippen LogP contribution in [0.25, 0.3) is 0 Å². The molecule has 0 heterocycles. The number of hydrogen-bond donors (Lipinski definition) is 1. The van der Waals surface area contributed by atoms with E-state index in [9.17, 15) is 17.6 Å². The van der Waals surface area contributed by atoms with Gasteiger partial charge in [0.15, 0.2) is 0 Å². The molecule has 1 amide bonds. The van der Waals surface area contributed by atoms with Crippen molar-refractivity contribution in [1.29, 1.82) is 0 Å². The van der Waals surface area contributed by atoms with Gasteiger partial charge in [0.25, 0.3) is 5.91 Å². The Morgan fingerprint density at radius 2 is 1.77 bits per heavy atom. The topological polar surface area (TPSA) is 75.7 Å². The van der Waals surface area contributed by atoms with E-state index < -0.39 is 15.8 Å². The van der Waals surface area contributed by atoms with Crippen molar-refractivity contribution < 1.29 is 22.3 Å². The number of hydrogen-bond acceptors (Lipinski definition) is 4. The molecule has 31 heavy (non-hydrogen) atoms. The summed E-state index contributed by atoms with van der Waals surface area (Å²) in [7, 11) is -2.23. The molecule has 0 aliphatic rings. The number of anilines is 2. The highest BCUT2D eigenvalue weighted by molar-refractivity contribution is 9.10. The van der Waals surface area contributed by atoms with Gasteiger partial charge in [0.05, 0.1) is 31.3 Å². The number of rotatable bonds is 7. The van der Waals surface area contributed by atoms with E-state index in [1.54, 1.807) is 30.3 Å². The van der Waals surface area contributed by atoms with Crippen molar-refractivity contribution in [3.8, 4) is 5.75 Å². The smallest absolute Gasteiger partial charge is 0.255 e. The van der Waals surface area contributed by atoms with Crippen LogP contribution < -0.4 is 14.4 Å². The molecule has 1 N–H and O–H groups in total. The lowest BCUT2D eigenvalue weighted by Gasteiger charge is -2.24. The van der Waals surface area contributed by atoms with E-state index in [1.165, 1.54) is 31.4 Å². The van der Waals surface area contributed by atoms with Crippen LogP contribution >= 0.6 is 15.9 Å². The highest BCUT2D eigenvalue weighted by atomic mass is 79.9. The normalized spacial score (nSPS) is 11.1. The summed E-state index contributed by atoms with van der Waals surface area (Å²) in [4.78, 5) is 12.8. The molecule has 0 bridgehead atoms. The number of amides is 1. The lowest BCUT2D eigenvalue weighted by Crippen LogP contribution is -2.29. The maximum absolute atomic E-state index is 13.3. The number of halogens is 2. The molecule has 0 aliphatic heterocycles. The second-order valence-electron chi connectivity index (χ2n) is 6.71. The van der Waals surface area contributed by atoms with Gasteiger partial charge in [0.2, 0.25) is 10.0 Å². The lowest BCUT2D eigenvalue weighted by atomic mass is 10.1. The van der Waals surface area contributed by atoms with Crippen LogP contribution in [-0.4, -0.2) is 27.7 Å². The predicted octanol–water partition coefficient (Wildman–Crippen LogP) is 4.82. The fourth-order valence-electron chi connectivity index (χ4n) is 2.96. The Hall–Kier alpha value is -2.91. The van der Waals surface area contributed by atoms with E-state index in [1.807, 2.05) is 12.1 Å². The minimum atomic E-state index is -3.69. The molecule has 3 aromatic rings. The average Bonchev–Trinajstić information content (AvgIpc) is 2.73. The summed E-state index contributed by atoms with van der Waals surface area (Å²) in [5, 5.41) is 2.81. The maximum Gasteiger partial charge on any atom is 0.255 e. The number of nitrogens with one attached hydrogen (secondary N) is 1. The predicted molar refractivity (Wildman–Crippen MR) is 123 cm³/mol. The second kappa shape index (κ2) is 9.49. The third-order valence-corrected chi connectivity index (χ3v) is 6.33. The van der Waals surface area contributed by atoms with Gasteiger partial charge in [0.1, 0.15) is 11.6 Å². The molecule has 0 saturated heterocycles. The van der Waals surface area contributed by atoms with Gasteiger partial charge < -0.3 is 10.1 Å². The zero-order valence-corrected chi connectivity index (χ0v) is 19.2. The molecule has 0 spiro atoms. The first-order valence-electron chi connectivity index (χ1n) is 9.15. The number of ether oxygens (including phenoxy) is 1. The first kappa shape index (κ1) is 22.8. The van der Waals surface area contributed by atoms with Gasteiger partial charge in [-0.15, -0.1) is 0 Å². The molecule has 0 fully saturated rings. The summed E-state index contributed by atoms with van der Waals surface area (Å²) in [5.74, 6) is -0.405. The van der Waals surface area contributed by atoms with Crippen LogP contribution in [-0.2, 0) is 16.6 Å². The van der Waals surface area contributed by atoms with Crippen molar-refractivity contribution in [3.05, 3.63) is 88.1 Å². The van der Waals surface area contributed by atoms with E-state index in [-0.39, 0.29) is 12.5 Å². The molecule has 0 aromatic heterocycles. The van der Waals surface area contributed by atoms with Crippen LogP contribution in [0, 0.1) is 5.82 Å². The van der Waals surface area contributed by atoms with Crippen LogP contribution in [0.2, 0.25) is 0 Å². The number of nitrogens with zero attached hydrogens (tertiary/aromatic N) is 1. The number of para-hydroxylation sites is 1. The quantitative estimate of drug-likeness (QED) is 0.498. The van der Waals surface area contributed by atoms with E-state index in [0.29, 0.717) is 28.3 Å². The highest BCUT2D eigenvalue weighted by Crippen LogP contribution is 2.28. The van der Waals surface area contributed by atoms with Gasteiger partial charge in [-0.05, 0) is 70.5 Å². The standard InChI is InChI=1S/C22H20BrFN2O4S/c1-30-21-12-7-15(22(27)25-20-6-4-3-5-19(20)23)13-16(21)14-26(31(2,28)29)18-10-8-17(24)9-11-18/h3-13H,14H2,1-2H3,(H,25,27). The molecule has 0 radical (unpaired) electrons. The zero-order chi connectivity index (χ0) is 22.6. The summed E-state index contributed by atoms with van der Waals surface area (Å²) in [6.07, 6.45) is 1.06. The average molecular weight is 507 g/mol. The van der Waals surface area contributed by atoms with Gasteiger partial charge in [-0.1, -0.05) is 12.1 Å². The number of carbonyl (C=O) groups excluding carboxylic acids is 1. The van der Waals surface area contributed by atoms with Crippen LogP contribution in [0.15, 0.2) is 71.2 Å². The van der Waals surface area contributed by atoms with Crippen LogP contribution in [0.5, 0.6) is 5.75 Å². The molecule has 0 saturated carbocycles. The minimum absolute atomic E-state index is 0.0935. The first-order chi connectivity index (χ1) is 14.7. The van der Waals surface area contributed by atoms with Crippen molar-refractivity contribution in [3.63, 3.8) is 0 Å². The van der Waals surface area contributed by atoms with Crippen molar-refractivity contribution >= 4 is 43.2 Å². The lowest BCUT2D eigenvalue weighted by molar-refractivity contribution is 0.102. The van der Waals surface area contributed by atoms with Crippen molar-refractivity contribution in [1.82, 2.24) is 0 Å². The number of sulfonamides is 1. The number of carbonyl (C=O) groups is 1. The molecule has 0 unspecified atom stereocenters. The number of benzene rings is 3. The Morgan fingerprint density at radius 3 is 2.39 bits per heavy atom. The molecule has 6 nitrogen and oxygen atoms in total. The second-order valence-corrected chi connectivity index (χ2v) is 9.47. The largest absolute Gasteiger partial charge is 0.496 e. The van der Waals surface area contributed by atoms with Gasteiger partial charge >= 0.3 is 0 Å². The van der Waals surface area contributed by atoms with E-state index >= 15 is 0 Å². The van der Waals surface area contributed by atoms with Crippen LogP contribution in [0.4, 0.5) is 15.8 Å². The SMILES string of the molecule is COc1ccc(C(=O)Nc2ccccc2Br)cc1CN(c1ccc(F)cc1)S(C)(=O)=O. The molecular weight excluding hydrogens is 487 g/mol. The monoisotopic (exact) mass is 506 g/mol. The summed E-state index contributed by atoms with van der Waals surface area (Å²) < 4.78 is 45.4. The summed E-state index contributed by atoms with van der Waals surface area (Å²) in [5.41, 5.74) is 1.72. The maximum atomic E-state index is 13.3. The zero-order valence-electron chi connectivity index (χ0n) is 16.8. The summed E-state index contributed by atoms with van der Waals surface area (Å²) >= 11 is 3.39. The van der Waals surface area contributed by atoms with Gasteiger partial charge in [0, 0.05) is 15.6 Å². The molecule has 0 aliphatic carbocycles. The Kier molecular flexibility index (Phi) is 6.97. The Balaban J connectivity index is 1.94. The third kappa shape index (κ3) is 5.62. The summed E-state index contributed by atoms with van der Waals surface area (Å²) in [6, 6.07) is 17.1. The molecular formula is C22H20BrFN2O4S. The van der Waals surface area contributed by atoms with Gasteiger partial charge in [-0.2, -0.15) is 0 Å². The fraction of sp³-hybridized carbons (Fsp3) is 0.136. The minimum Gasteiger partial charge on any atom is -0.496 e. The summed E-state index contributed by atoms with van der Waals surface area (Å²) in [6.45, 7) is -0.0935. The highest BCUT2D eigenvalue weighted by Gasteiger charge is 2.21. The van der Waals surface area contributed by atoms with Crippen LogP contribution in [0.3, 0.4) is 0 Å². The van der Waals surface area contributed by atoms with Gasteiger partial charge in [-0.25, -0.2) is 12.8 Å². The van der Waals surface area contributed by atoms with E-state index in [4.69, 9.17) is 4.74 Å². The van der Waals surface area contributed by atoms with Crippen molar-refractivity contribution in [2.24, 2.45) is 0 Å². The molecule has 9 heteroatoms. The Labute approximate surface area is 188 Å². The third-order valence-electron chi connectivity index (χ3n) is 4.49. The van der Waals surface area contributed by atoms with Gasteiger partial charge in [-0.3, -0.25) is 9.10 Å². The Bertz CT molecular complexity index is 1200. The van der Waals surface area contributed by atoms with E-state index in [2.05, 4.69) is 21.2 Å². The molecule has 162 valence electrons. The molecule has 0 atom stereocenters. The molecule has 3 rings (SSSR count). The van der Waals surface area contributed by atoms with Crippen molar-refractivity contribution in [2.45, 2.75) is 6.54 Å². The van der Waals surface area contributed by atoms with Crippen LogP contribution in [0.1, 0.15) is 15.9 Å². The van der Waals surface area contributed by atoms with Crippen molar-refractivity contribution in [2.75, 3.05) is 23.0 Å². The molecule has 3 aromatic carbocycles.